The standard InChI is InChI=1S/C32H22O3/c1-2-9-23(10-3-1)27-18-20-31(35-34-30-16-8-14-25-12-6-7-15-29(25)30)32(22-27)33-28-19-17-24-11-4-5-13-26(24)21-28/h1-22H. The Morgan fingerprint density at radius 1 is 0.371 bits per heavy atom. The first-order valence-electron chi connectivity index (χ1n) is 11.5. The fraction of sp³-hybridized carbons (Fsp3) is 0. The molecule has 0 aromatic heterocycles. The summed E-state index contributed by atoms with van der Waals surface area (Å²) < 4.78 is 6.35. The molecule has 0 bridgehead atoms. The predicted molar refractivity (Wildman–Crippen MR) is 141 cm³/mol. The molecule has 0 amide bonds. The summed E-state index contributed by atoms with van der Waals surface area (Å²) in [7, 11) is 0. The maximum absolute atomic E-state index is 6.35. The van der Waals surface area contributed by atoms with Gasteiger partial charge in [0, 0.05) is 5.39 Å². The Bertz CT molecular complexity index is 1620. The second-order valence-electron chi connectivity index (χ2n) is 8.28. The largest absolute Gasteiger partial charge is 0.453 e. The van der Waals surface area contributed by atoms with Crippen molar-refractivity contribution in [2.45, 2.75) is 0 Å². The van der Waals surface area contributed by atoms with E-state index in [4.69, 9.17) is 14.5 Å². The molecule has 0 atom stereocenters. The Morgan fingerprint density at radius 2 is 1.09 bits per heavy atom. The van der Waals surface area contributed by atoms with Crippen LogP contribution in [-0.4, -0.2) is 0 Å². The van der Waals surface area contributed by atoms with E-state index >= 15 is 0 Å². The van der Waals surface area contributed by atoms with Crippen LogP contribution in [-0.2, 0) is 0 Å². The lowest BCUT2D eigenvalue weighted by Gasteiger charge is -2.14. The summed E-state index contributed by atoms with van der Waals surface area (Å²) >= 11 is 0. The van der Waals surface area contributed by atoms with Gasteiger partial charge in [0.05, 0.1) is 0 Å². The molecule has 0 aliphatic carbocycles. The highest BCUT2D eigenvalue weighted by atomic mass is 17.2. The zero-order valence-corrected chi connectivity index (χ0v) is 18.9. The molecule has 6 aromatic rings. The molecular weight excluding hydrogens is 432 g/mol. The lowest BCUT2D eigenvalue weighted by atomic mass is 10.1. The van der Waals surface area contributed by atoms with Gasteiger partial charge in [-0.15, -0.1) is 0 Å². The Morgan fingerprint density at radius 3 is 1.97 bits per heavy atom. The minimum absolute atomic E-state index is 0.491. The van der Waals surface area contributed by atoms with E-state index in [1.807, 2.05) is 103 Å². The summed E-state index contributed by atoms with van der Waals surface area (Å²) in [5.41, 5.74) is 2.12. The topological polar surface area (TPSA) is 27.7 Å². The van der Waals surface area contributed by atoms with Crippen molar-refractivity contribution in [1.82, 2.24) is 0 Å². The van der Waals surface area contributed by atoms with E-state index in [-0.39, 0.29) is 0 Å². The summed E-state index contributed by atoms with van der Waals surface area (Å²) in [4.78, 5) is 11.7. The van der Waals surface area contributed by atoms with E-state index in [1.54, 1.807) is 0 Å². The summed E-state index contributed by atoms with van der Waals surface area (Å²) in [6.45, 7) is 0. The van der Waals surface area contributed by atoms with Gasteiger partial charge in [-0.3, -0.25) is 9.78 Å². The van der Waals surface area contributed by atoms with Crippen molar-refractivity contribution in [3.63, 3.8) is 0 Å². The fourth-order valence-corrected chi connectivity index (χ4v) is 4.18. The van der Waals surface area contributed by atoms with Crippen LogP contribution >= 0.6 is 0 Å². The van der Waals surface area contributed by atoms with Gasteiger partial charge in [-0.1, -0.05) is 103 Å². The molecule has 0 unspecified atom stereocenters. The van der Waals surface area contributed by atoms with Gasteiger partial charge in [0.1, 0.15) is 5.75 Å². The van der Waals surface area contributed by atoms with Crippen molar-refractivity contribution < 1.29 is 14.5 Å². The maximum atomic E-state index is 6.35. The van der Waals surface area contributed by atoms with Crippen LogP contribution in [0.5, 0.6) is 23.0 Å². The number of ether oxygens (including phenoxy) is 1. The third-order valence-electron chi connectivity index (χ3n) is 5.97. The van der Waals surface area contributed by atoms with Crippen LogP contribution in [0, 0.1) is 0 Å². The van der Waals surface area contributed by atoms with Crippen molar-refractivity contribution >= 4 is 21.5 Å². The van der Waals surface area contributed by atoms with Gasteiger partial charge < -0.3 is 4.74 Å². The van der Waals surface area contributed by atoms with Crippen LogP contribution in [0.4, 0.5) is 0 Å². The number of hydrogen-bond acceptors (Lipinski definition) is 3. The Kier molecular flexibility index (Phi) is 5.50. The minimum Gasteiger partial charge on any atom is -0.453 e. The Balaban J connectivity index is 1.36. The third-order valence-corrected chi connectivity index (χ3v) is 5.97. The average Bonchev–Trinajstić information content (AvgIpc) is 2.93. The summed E-state index contributed by atoms with van der Waals surface area (Å²) in [6.07, 6.45) is 0. The van der Waals surface area contributed by atoms with Crippen LogP contribution < -0.4 is 14.5 Å². The molecule has 6 rings (SSSR count). The molecule has 35 heavy (non-hydrogen) atoms. The molecule has 0 saturated carbocycles. The molecule has 168 valence electrons. The predicted octanol–water partition coefficient (Wildman–Crippen LogP) is 8.83. The van der Waals surface area contributed by atoms with E-state index in [2.05, 4.69) is 30.3 Å². The zero-order valence-electron chi connectivity index (χ0n) is 18.9. The van der Waals surface area contributed by atoms with Crippen molar-refractivity contribution in [3.05, 3.63) is 133 Å². The van der Waals surface area contributed by atoms with Gasteiger partial charge in [0.25, 0.3) is 0 Å². The monoisotopic (exact) mass is 454 g/mol. The molecule has 0 saturated heterocycles. The molecule has 0 fully saturated rings. The van der Waals surface area contributed by atoms with Crippen molar-refractivity contribution in [2.24, 2.45) is 0 Å². The number of hydrogen-bond donors (Lipinski definition) is 0. The van der Waals surface area contributed by atoms with Crippen molar-refractivity contribution in [3.8, 4) is 34.1 Å². The second kappa shape index (κ2) is 9.24. The highest BCUT2D eigenvalue weighted by molar-refractivity contribution is 5.88. The van der Waals surface area contributed by atoms with E-state index in [0.29, 0.717) is 17.2 Å². The molecule has 6 aromatic carbocycles. The van der Waals surface area contributed by atoms with Crippen molar-refractivity contribution in [2.75, 3.05) is 0 Å². The fourth-order valence-electron chi connectivity index (χ4n) is 4.18. The number of fused-ring (bicyclic) bond motifs is 2. The van der Waals surface area contributed by atoms with Crippen LogP contribution in [0.2, 0.25) is 0 Å². The van der Waals surface area contributed by atoms with E-state index < -0.39 is 0 Å². The quantitative estimate of drug-likeness (QED) is 0.186. The maximum Gasteiger partial charge on any atom is 0.221 e. The van der Waals surface area contributed by atoms with Crippen LogP contribution in [0.1, 0.15) is 0 Å². The Hall–Kier alpha value is -4.76. The first-order valence-corrected chi connectivity index (χ1v) is 11.5. The normalized spacial score (nSPS) is 10.9. The molecule has 0 aliphatic heterocycles. The van der Waals surface area contributed by atoms with Crippen LogP contribution in [0.3, 0.4) is 0 Å². The summed E-state index contributed by atoms with van der Waals surface area (Å²) in [5.74, 6) is 2.43. The smallest absolute Gasteiger partial charge is 0.221 e. The summed E-state index contributed by atoms with van der Waals surface area (Å²) in [6, 6.07) is 44.3. The van der Waals surface area contributed by atoms with E-state index in [0.717, 1.165) is 38.4 Å². The van der Waals surface area contributed by atoms with Crippen molar-refractivity contribution in [1.29, 1.82) is 0 Å². The van der Waals surface area contributed by atoms with Gasteiger partial charge in [-0.25, -0.2) is 0 Å². The molecule has 0 N–H and O–H groups in total. The molecule has 3 nitrogen and oxygen atoms in total. The minimum atomic E-state index is 0.491. The lowest BCUT2D eigenvalue weighted by molar-refractivity contribution is -0.0997. The highest BCUT2D eigenvalue weighted by Crippen LogP contribution is 2.37. The van der Waals surface area contributed by atoms with Gasteiger partial charge in [-0.05, 0) is 57.6 Å². The summed E-state index contributed by atoms with van der Waals surface area (Å²) in [5, 5.41) is 4.33. The van der Waals surface area contributed by atoms with E-state index in [9.17, 15) is 0 Å². The average molecular weight is 455 g/mol. The zero-order chi connectivity index (χ0) is 23.5. The SMILES string of the molecule is c1ccc(-c2ccc(OOc3cccc4ccccc34)c(Oc3ccc4ccccc4c3)c2)cc1. The lowest BCUT2D eigenvalue weighted by Crippen LogP contribution is -2.02. The van der Waals surface area contributed by atoms with Gasteiger partial charge >= 0.3 is 0 Å². The van der Waals surface area contributed by atoms with Gasteiger partial charge in [0.2, 0.25) is 5.75 Å². The first kappa shape index (κ1) is 20.8. The molecule has 0 spiro atoms. The van der Waals surface area contributed by atoms with Gasteiger partial charge in [0.15, 0.2) is 11.5 Å². The number of benzene rings is 6. The molecule has 3 heteroatoms. The van der Waals surface area contributed by atoms with Crippen LogP contribution in [0.15, 0.2) is 133 Å². The molecule has 0 radical (unpaired) electrons. The van der Waals surface area contributed by atoms with E-state index in [1.165, 1.54) is 0 Å². The van der Waals surface area contributed by atoms with Crippen LogP contribution in [0.25, 0.3) is 32.7 Å². The second-order valence-corrected chi connectivity index (χ2v) is 8.28. The Labute approximate surface area is 203 Å². The first-order chi connectivity index (χ1) is 17.3. The third kappa shape index (κ3) is 4.40. The van der Waals surface area contributed by atoms with Gasteiger partial charge in [-0.2, -0.15) is 0 Å². The molecule has 0 aliphatic rings. The molecule has 0 heterocycles. The highest BCUT2D eigenvalue weighted by Gasteiger charge is 2.13. The molecular formula is C32H22O3. The number of rotatable bonds is 6.